The van der Waals surface area contributed by atoms with Gasteiger partial charge in [0.1, 0.15) is 10.7 Å². The van der Waals surface area contributed by atoms with Crippen molar-refractivity contribution >= 4 is 43.2 Å². The van der Waals surface area contributed by atoms with E-state index in [1.165, 1.54) is 23.5 Å². The molecule has 2 heterocycles. The van der Waals surface area contributed by atoms with E-state index in [0.29, 0.717) is 22.5 Å². The van der Waals surface area contributed by atoms with Crippen LogP contribution in [0.4, 0.5) is 5.69 Å². The van der Waals surface area contributed by atoms with Crippen molar-refractivity contribution in [1.82, 2.24) is 9.97 Å². The Labute approximate surface area is 172 Å². The van der Waals surface area contributed by atoms with Crippen LogP contribution in [0.2, 0.25) is 0 Å². The molecule has 6 nitrogen and oxygen atoms in total. The van der Waals surface area contributed by atoms with E-state index in [-0.39, 0.29) is 11.2 Å². The van der Waals surface area contributed by atoms with Crippen molar-refractivity contribution in [3.8, 4) is 11.1 Å². The lowest BCUT2D eigenvalue weighted by Gasteiger charge is -2.05. The van der Waals surface area contributed by atoms with E-state index >= 15 is 0 Å². The third-order valence-corrected chi connectivity index (χ3v) is 5.99. The molecule has 0 saturated heterocycles. The summed E-state index contributed by atoms with van der Waals surface area (Å²) in [5.74, 6) is 0.531. The minimum absolute atomic E-state index is 0.0345. The van der Waals surface area contributed by atoms with Crippen LogP contribution >= 0.6 is 27.3 Å². The van der Waals surface area contributed by atoms with Crippen LogP contribution in [0.5, 0.6) is 0 Å². The number of hydrogen-bond donors (Lipinski definition) is 1. The first-order valence-electron chi connectivity index (χ1n) is 8.42. The normalized spacial score (nSPS) is 11.1. The minimum atomic E-state index is -0.438. The molecule has 0 bridgehead atoms. The van der Waals surface area contributed by atoms with Gasteiger partial charge in [0.15, 0.2) is 0 Å². The number of thiophene rings is 1. The van der Waals surface area contributed by atoms with E-state index < -0.39 is 4.92 Å². The van der Waals surface area contributed by atoms with Crippen LogP contribution in [0.1, 0.15) is 17.0 Å². The van der Waals surface area contributed by atoms with Crippen LogP contribution in [0.15, 0.2) is 57.1 Å². The molecule has 0 fully saturated rings. The number of aromatic nitrogens is 2. The van der Waals surface area contributed by atoms with Crippen LogP contribution < -0.4 is 5.56 Å². The SMILES string of the molecule is Cc1ccc(Br)c(-c2csc3nc(Cc4ccc([N+](=O)[O-])cc4)[nH]c(=O)c23)c1. The number of nitro benzene ring substituents is 1. The third-order valence-electron chi connectivity index (χ3n) is 4.42. The summed E-state index contributed by atoms with van der Waals surface area (Å²) in [6.45, 7) is 2.01. The van der Waals surface area contributed by atoms with Crippen molar-refractivity contribution in [3.63, 3.8) is 0 Å². The number of fused-ring (bicyclic) bond motifs is 1. The molecule has 4 rings (SSSR count). The number of rotatable bonds is 4. The number of nitrogens with one attached hydrogen (secondary N) is 1. The Bertz CT molecular complexity index is 1260. The van der Waals surface area contributed by atoms with Crippen molar-refractivity contribution in [2.75, 3.05) is 0 Å². The second kappa shape index (κ2) is 7.29. The molecule has 0 aliphatic heterocycles. The van der Waals surface area contributed by atoms with Gasteiger partial charge in [0.2, 0.25) is 0 Å². The van der Waals surface area contributed by atoms with E-state index in [0.717, 1.165) is 26.7 Å². The fourth-order valence-corrected chi connectivity index (χ4v) is 4.47. The van der Waals surface area contributed by atoms with Gasteiger partial charge in [-0.05, 0) is 24.1 Å². The summed E-state index contributed by atoms with van der Waals surface area (Å²) < 4.78 is 0.923. The fraction of sp³-hybridized carbons (Fsp3) is 0.100. The number of nitrogens with zero attached hydrogens (tertiary/aromatic N) is 2. The van der Waals surface area contributed by atoms with Gasteiger partial charge >= 0.3 is 0 Å². The van der Waals surface area contributed by atoms with Gasteiger partial charge in [-0.25, -0.2) is 4.98 Å². The molecule has 8 heteroatoms. The topological polar surface area (TPSA) is 88.9 Å². The summed E-state index contributed by atoms with van der Waals surface area (Å²) >= 11 is 4.99. The number of H-pyrrole nitrogens is 1. The molecular weight excluding hydrogens is 442 g/mol. The van der Waals surface area contributed by atoms with E-state index in [4.69, 9.17) is 0 Å². The molecule has 0 radical (unpaired) electrons. The predicted octanol–water partition coefficient (Wildman–Crippen LogP) is 5.22. The van der Waals surface area contributed by atoms with Crippen molar-refractivity contribution in [1.29, 1.82) is 0 Å². The maximum atomic E-state index is 12.8. The Morgan fingerprint density at radius 1 is 1.18 bits per heavy atom. The molecule has 140 valence electrons. The highest BCUT2D eigenvalue weighted by Gasteiger charge is 2.15. The van der Waals surface area contributed by atoms with Crippen molar-refractivity contribution in [2.45, 2.75) is 13.3 Å². The van der Waals surface area contributed by atoms with Crippen molar-refractivity contribution < 1.29 is 4.92 Å². The molecular formula is C20H14BrN3O3S. The lowest BCUT2D eigenvalue weighted by atomic mass is 10.0. The quantitative estimate of drug-likeness (QED) is 0.337. The van der Waals surface area contributed by atoms with Crippen LogP contribution in [0.25, 0.3) is 21.3 Å². The number of hydrogen-bond acceptors (Lipinski definition) is 5. The van der Waals surface area contributed by atoms with Gasteiger partial charge in [0.25, 0.3) is 11.2 Å². The number of aryl methyl sites for hydroxylation is 1. The van der Waals surface area contributed by atoms with Crippen molar-refractivity contribution in [3.05, 3.63) is 89.7 Å². The monoisotopic (exact) mass is 455 g/mol. The van der Waals surface area contributed by atoms with E-state index in [1.54, 1.807) is 12.1 Å². The van der Waals surface area contributed by atoms with Gasteiger partial charge in [-0.3, -0.25) is 14.9 Å². The van der Waals surface area contributed by atoms with E-state index in [9.17, 15) is 14.9 Å². The first kappa shape index (κ1) is 18.5. The molecule has 2 aromatic heterocycles. The molecule has 1 N–H and O–H groups in total. The molecule has 0 saturated carbocycles. The highest BCUT2D eigenvalue weighted by atomic mass is 79.9. The number of benzene rings is 2. The third kappa shape index (κ3) is 3.48. The Morgan fingerprint density at radius 2 is 1.93 bits per heavy atom. The Morgan fingerprint density at radius 3 is 2.64 bits per heavy atom. The summed E-state index contributed by atoms with van der Waals surface area (Å²) in [6.07, 6.45) is 0.393. The van der Waals surface area contributed by atoms with Gasteiger partial charge in [0.05, 0.1) is 10.3 Å². The van der Waals surface area contributed by atoms with E-state index in [2.05, 4.69) is 25.9 Å². The lowest BCUT2D eigenvalue weighted by Crippen LogP contribution is -2.11. The zero-order valence-electron chi connectivity index (χ0n) is 14.7. The molecule has 28 heavy (non-hydrogen) atoms. The first-order chi connectivity index (χ1) is 13.4. The number of halogens is 1. The molecule has 4 aromatic rings. The Balaban J connectivity index is 1.73. The summed E-state index contributed by atoms with van der Waals surface area (Å²) in [6, 6.07) is 12.3. The molecule has 0 spiro atoms. The Hall–Kier alpha value is -2.84. The van der Waals surface area contributed by atoms with Gasteiger partial charge in [-0.15, -0.1) is 11.3 Å². The van der Waals surface area contributed by atoms with Crippen LogP contribution in [0, 0.1) is 17.0 Å². The van der Waals surface area contributed by atoms with Gasteiger partial charge in [-0.1, -0.05) is 45.8 Å². The highest BCUT2D eigenvalue weighted by molar-refractivity contribution is 9.10. The van der Waals surface area contributed by atoms with Gasteiger partial charge < -0.3 is 4.98 Å². The lowest BCUT2D eigenvalue weighted by molar-refractivity contribution is -0.384. The highest BCUT2D eigenvalue weighted by Crippen LogP contribution is 2.35. The maximum absolute atomic E-state index is 12.8. The first-order valence-corrected chi connectivity index (χ1v) is 10.1. The molecule has 2 aromatic carbocycles. The fourth-order valence-electron chi connectivity index (χ4n) is 3.05. The minimum Gasteiger partial charge on any atom is -0.310 e. The second-order valence-electron chi connectivity index (χ2n) is 6.43. The molecule has 0 atom stereocenters. The molecule has 0 unspecified atom stereocenters. The summed E-state index contributed by atoms with van der Waals surface area (Å²) in [5, 5.41) is 13.3. The second-order valence-corrected chi connectivity index (χ2v) is 8.14. The zero-order valence-corrected chi connectivity index (χ0v) is 17.1. The smallest absolute Gasteiger partial charge is 0.269 e. The predicted molar refractivity (Wildman–Crippen MR) is 114 cm³/mol. The van der Waals surface area contributed by atoms with Crippen LogP contribution in [-0.2, 0) is 6.42 Å². The summed E-state index contributed by atoms with van der Waals surface area (Å²) in [5.41, 5.74) is 3.61. The average molecular weight is 456 g/mol. The summed E-state index contributed by atoms with van der Waals surface area (Å²) in [7, 11) is 0. The maximum Gasteiger partial charge on any atom is 0.269 e. The largest absolute Gasteiger partial charge is 0.310 e. The molecule has 0 aliphatic carbocycles. The van der Waals surface area contributed by atoms with E-state index in [1.807, 2.05) is 30.5 Å². The number of aromatic amines is 1. The number of nitro groups is 1. The van der Waals surface area contributed by atoms with Crippen LogP contribution in [0.3, 0.4) is 0 Å². The average Bonchev–Trinajstić information content (AvgIpc) is 3.08. The van der Waals surface area contributed by atoms with Crippen LogP contribution in [-0.4, -0.2) is 14.9 Å². The zero-order chi connectivity index (χ0) is 19.8. The molecule has 0 amide bonds. The van der Waals surface area contributed by atoms with Gasteiger partial charge in [-0.2, -0.15) is 0 Å². The van der Waals surface area contributed by atoms with Gasteiger partial charge in [0, 0.05) is 34.0 Å². The summed E-state index contributed by atoms with van der Waals surface area (Å²) in [4.78, 5) is 31.3. The van der Waals surface area contributed by atoms with Crippen molar-refractivity contribution in [2.24, 2.45) is 0 Å². The molecule has 0 aliphatic rings. The number of non-ortho nitro benzene ring substituents is 1. The Kier molecular flexibility index (Phi) is 4.82. The standard InChI is InChI=1S/C20H14BrN3O3S/c1-11-2-7-16(21)14(8-11)15-10-28-20-18(15)19(25)22-17(23-20)9-12-3-5-13(6-4-12)24(26)27/h2-8,10H,9H2,1H3,(H,22,23,25).